The zero-order valence-corrected chi connectivity index (χ0v) is 19.4. The first-order valence-corrected chi connectivity index (χ1v) is 13.0. The first-order chi connectivity index (χ1) is 14.8. The van der Waals surface area contributed by atoms with Gasteiger partial charge in [0.15, 0.2) is 5.82 Å². The van der Waals surface area contributed by atoms with E-state index in [1.807, 2.05) is 6.07 Å². The monoisotopic (exact) mass is 464 g/mol. The van der Waals surface area contributed by atoms with Gasteiger partial charge in [-0.1, -0.05) is 17.7 Å². The van der Waals surface area contributed by atoms with E-state index in [9.17, 15) is 9.00 Å². The fraction of sp³-hybridized carbons (Fsp3) is 0.476. The summed E-state index contributed by atoms with van der Waals surface area (Å²) in [6.45, 7) is 5.86. The molecule has 1 aromatic carbocycles. The maximum atomic E-state index is 12.8. The third-order valence-corrected chi connectivity index (χ3v) is 6.51. The standard InChI is InChI=1S/C21H29ClN6O2S/c1-31(2,30)24-20-7-10-28(23-20)21(29)27-13-11-25(12-14-27)16-17-5-6-18(22)15-19(17)26-8-3-4-9-26/h5-7,10,15H,1,3-4,8-9,11-14,16H2,2H3,(H,23,24,30). The number of piperazine rings is 1. The molecule has 0 spiro atoms. The summed E-state index contributed by atoms with van der Waals surface area (Å²) in [5.41, 5.74) is 2.52. The highest BCUT2D eigenvalue weighted by Gasteiger charge is 2.24. The number of carbonyl (C=O) groups is 1. The smallest absolute Gasteiger partial charge is 0.344 e. The Morgan fingerprint density at radius 3 is 2.55 bits per heavy atom. The Bertz CT molecular complexity index is 1040. The molecule has 1 unspecified atom stereocenters. The van der Waals surface area contributed by atoms with Crippen LogP contribution in [0.2, 0.25) is 5.02 Å². The average molecular weight is 465 g/mol. The van der Waals surface area contributed by atoms with Crippen LogP contribution in [0.5, 0.6) is 0 Å². The van der Waals surface area contributed by atoms with E-state index in [0.717, 1.165) is 37.7 Å². The predicted octanol–water partition coefficient (Wildman–Crippen LogP) is 2.60. The lowest BCUT2D eigenvalue weighted by atomic mass is 10.1. The molecule has 31 heavy (non-hydrogen) atoms. The van der Waals surface area contributed by atoms with Gasteiger partial charge in [-0.25, -0.2) is 9.00 Å². The number of rotatable bonds is 5. The number of anilines is 2. The molecule has 0 saturated carbocycles. The zero-order chi connectivity index (χ0) is 22.0. The predicted molar refractivity (Wildman–Crippen MR) is 128 cm³/mol. The highest BCUT2D eigenvalue weighted by Crippen LogP contribution is 2.29. The van der Waals surface area contributed by atoms with E-state index in [4.69, 9.17) is 11.6 Å². The van der Waals surface area contributed by atoms with Crippen LogP contribution in [-0.4, -0.2) is 81.2 Å². The lowest BCUT2D eigenvalue weighted by Gasteiger charge is -2.35. The summed E-state index contributed by atoms with van der Waals surface area (Å²) in [6.07, 6.45) is 5.52. The third-order valence-electron chi connectivity index (χ3n) is 5.64. The molecule has 2 aromatic rings. The highest BCUT2D eigenvalue weighted by molar-refractivity contribution is 8.00. The number of carbonyl (C=O) groups excluding carboxylic acids is 1. The van der Waals surface area contributed by atoms with Crippen LogP contribution in [0.3, 0.4) is 0 Å². The largest absolute Gasteiger partial charge is 0.371 e. The van der Waals surface area contributed by atoms with Crippen molar-refractivity contribution in [3.8, 4) is 0 Å². The van der Waals surface area contributed by atoms with Crippen molar-refractivity contribution in [2.75, 3.05) is 55.1 Å². The molecule has 1 aromatic heterocycles. The Kier molecular flexibility index (Phi) is 6.45. The molecule has 1 N–H and O–H groups in total. The SMILES string of the molecule is C=S(C)(=O)Nc1ccn(C(=O)N2CCN(Cc3ccc(Cl)cc3N3CCCC3)CC2)n1. The molecule has 2 aliphatic heterocycles. The summed E-state index contributed by atoms with van der Waals surface area (Å²) in [5.74, 6) is 3.93. The first-order valence-electron chi connectivity index (χ1n) is 10.5. The fourth-order valence-corrected chi connectivity index (χ4v) is 4.83. The van der Waals surface area contributed by atoms with Gasteiger partial charge in [0.1, 0.15) is 0 Å². The second kappa shape index (κ2) is 9.10. The molecule has 0 radical (unpaired) electrons. The van der Waals surface area contributed by atoms with Gasteiger partial charge in [-0.2, -0.15) is 4.68 Å². The summed E-state index contributed by atoms with van der Waals surface area (Å²) in [5, 5.41) is 4.96. The Morgan fingerprint density at radius 1 is 1.16 bits per heavy atom. The minimum absolute atomic E-state index is 0.177. The number of nitrogens with one attached hydrogen (secondary N) is 1. The van der Waals surface area contributed by atoms with Crippen LogP contribution in [0.1, 0.15) is 18.4 Å². The van der Waals surface area contributed by atoms with Crippen LogP contribution < -0.4 is 9.62 Å². The van der Waals surface area contributed by atoms with Gasteiger partial charge in [0, 0.05) is 84.8 Å². The molecular weight excluding hydrogens is 436 g/mol. The summed E-state index contributed by atoms with van der Waals surface area (Å²) < 4.78 is 15.8. The van der Waals surface area contributed by atoms with Gasteiger partial charge >= 0.3 is 6.03 Å². The van der Waals surface area contributed by atoms with E-state index in [2.05, 4.69) is 37.6 Å². The maximum absolute atomic E-state index is 12.8. The van der Waals surface area contributed by atoms with E-state index in [1.54, 1.807) is 17.2 Å². The number of nitrogens with zero attached hydrogens (tertiary/aromatic N) is 5. The Labute approximate surface area is 188 Å². The number of amides is 1. The van der Waals surface area contributed by atoms with E-state index < -0.39 is 9.71 Å². The molecule has 168 valence electrons. The summed E-state index contributed by atoms with van der Waals surface area (Å²) in [6, 6.07) is 7.61. The molecule has 0 aliphatic carbocycles. The zero-order valence-electron chi connectivity index (χ0n) is 17.8. The van der Waals surface area contributed by atoms with Gasteiger partial charge in [0.2, 0.25) is 0 Å². The normalized spacial score (nSPS) is 19.4. The van der Waals surface area contributed by atoms with Gasteiger partial charge in [-0.05, 0) is 36.4 Å². The van der Waals surface area contributed by atoms with Crippen LogP contribution in [0.4, 0.5) is 16.3 Å². The minimum Gasteiger partial charge on any atom is -0.371 e. The first kappa shape index (κ1) is 22.0. The lowest BCUT2D eigenvalue weighted by molar-refractivity contribution is 0.134. The number of halogens is 1. The van der Waals surface area contributed by atoms with Crippen LogP contribution in [0.25, 0.3) is 0 Å². The van der Waals surface area contributed by atoms with Crippen LogP contribution >= 0.6 is 11.6 Å². The van der Waals surface area contributed by atoms with Gasteiger partial charge in [0.05, 0.1) is 0 Å². The topological polar surface area (TPSA) is 73.7 Å². The third kappa shape index (κ3) is 5.53. The van der Waals surface area contributed by atoms with Gasteiger partial charge < -0.3 is 9.80 Å². The molecule has 2 fully saturated rings. The van der Waals surface area contributed by atoms with Crippen molar-refractivity contribution >= 4 is 44.7 Å². The van der Waals surface area contributed by atoms with Crippen molar-refractivity contribution in [3.63, 3.8) is 0 Å². The molecule has 0 bridgehead atoms. The fourth-order valence-electron chi connectivity index (χ4n) is 4.11. The quantitative estimate of drug-likeness (QED) is 0.688. The molecule has 1 atom stereocenters. The Balaban J connectivity index is 1.36. The molecule has 3 heterocycles. The number of hydrogen-bond donors (Lipinski definition) is 1. The lowest BCUT2D eigenvalue weighted by Crippen LogP contribution is -2.49. The van der Waals surface area contributed by atoms with Gasteiger partial charge in [-0.15, -0.1) is 5.10 Å². The van der Waals surface area contributed by atoms with E-state index >= 15 is 0 Å². The number of hydrogen-bond acceptors (Lipinski definition) is 5. The Hall–Kier alpha value is -2.23. The second-order valence-corrected chi connectivity index (χ2v) is 10.9. The average Bonchev–Trinajstić information content (AvgIpc) is 3.40. The molecule has 2 aliphatic rings. The maximum Gasteiger partial charge on any atom is 0.344 e. The van der Waals surface area contributed by atoms with E-state index in [1.165, 1.54) is 35.0 Å². The van der Waals surface area contributed by atoms with Crippen molar-refractivity contribution in [1.82, 2.24) is 19.6 Å². The minimum atomic E-state index is -2.43. The van der Waals surface area contributed by atoms with Crippen molar-refractivity contribution in [3.05, 3.63) is 41.0 Å². The van der Waals surface area contributed by atoms with Crippen molar-refractivity contribution in [2.24, 2.45) is 0 Å². The second-order valence-electron chi connectivity index (χ2n) is 8.27. The summed E-state index contributed by atoms with van der Waals surface area (Å²) in [7, 11) is -2.43. The van der Waals surface area contributed by atoms with Crippen LogP contribution in [-0.2, 0) is 16.3 Å². The van der Waals surface area contributed by atoms with Crippen LogP contribution in [0.15, 0.2) is 30.5 Å². The van der Waals surface area contributed by atoms with Crippen molar-refractivity contribution in [2.45, 2.75) is 19.4 Å². The van der Waals surface area contributed by atoms with Crippen molar-refractivity contribution in [1.29, 1.82) is 0 Å². The summed E-state index contributed by atoms with van der Waals surface area (Å²) in [4.78, 5) is 19.4. The van der Waals surface area contributed by atoms with Crippen LogP contribution in [0, 0.1) is 0 Å². The molecule has 8 nitrogen and oxygen atoms in total. The Morgan fingerprint density at radius 2 is 1.87 bits per heavy atom. The van der Waals surface area contributed by atoms with E-state index in [-0.39, 0.29) is 6.03 Å². The molecule has 10 heteroatoms. The number of benzene rings is 1. The number of aromatic nitrogens is 2. The van der Waals surface area contributed by atoms with Gasteiger partial charge in [-0.3, -0.25) is 9.62 Å². The van der Waals surface area contributed by atoms with Crippen molar-refractivity contribution < 1.29 is 9.00 Å². The summed E-state index contributed by atoms with van der Waals surface area (Å²) >= 11 is 6.27. The molecule has 1 amide bonds. The van der Waals surface area contributed by atoms with Gasteiger partial charge in [0.25, 0.3) is 0 Å². The molecule has 2 saturated heterocycles. The molecule has 4 rings (SSSR count). The highest BCUT2D eigenvalue weighted by atomic mass is 35.5. The van der Waals surface area contributed by atoms with E-state index in [0.29, 0.717) is 18.9 Å². The molecular formula is C21H29ClN6O2S.